The normalized spacial score (nSPS) is 11.9. The van der Waals surface area contributed by atoms with Gasteiger partial charge in [-0.15, -0.1) is 0 Å². The monoisotopic (exact) mass is 382 g/mol. The van der Waals surface area contributed by atoms with E-state index in [1.165, 1.54) is 0 Å². The molecule has 0 heterocycles. The molecule has 29 heavy (non-hydrogen) atoms. The van der Waals surface area contributed by atoms with Gasteiger partial charge >= 0.3 is 0 Å². The summed E-state index contributed by atoms with van der Waals surface area (Å²) in [5.74, 6) is 0.275. The van der Waals surface area contributed by atoms with E-state index >= 15 is 0 Å². The molecule has 0 aliphatic carbocycles. The van der Waals surface area contributed by atoms with E-state index in [0.717, 1.165) is 16.7 Å². The third kappa shape index (κ3) is 5.82. The van der Waals surface area contributed by atoms with Crippen LogP contribution in [0.1, 0.15) is 29.7 Å². The van der Waals surface area contributed by atoms with Gasteiger partial charge in [0.05, 0.1) is 6.04 Å². The van der Waals surface area contributed by atoms with Gasteiger partial charge in [0.2, 0.25) is 0 Å². The molecule has 0 aliphatic rings. The zero-order chi connectivity index (χ0) is 20.5. The summed E-state index contributed by atoms with van der Waals surface area (Å²) < 4.78 is 5.82. The first-order valence-electron chi connectivity index (χ1n) is 9.40. The molecule has 3 aromatic rings. The van der Waals surface area contributed by atoms with Crippen molar-refractivity contribution in [3.63, 3.8) is 0 Å². The van der Waals surface area contributed by atoms with E-state index in [4.69, 9.17) is 4.74 Å². The number of amides is 1. The topological polar surface area (TPSA) is 62.1 Å². The Hall–Kier alpha value is -3.84. The van der Waals surface area contributed by atoms with Crippen LogP contribution in [-0.2, 0) is 11.4 Å². The summed E-state index contributed by atoms with van der Waals surface area (Å²) in [4.78, 5) is 12.5. The van der Waals surface area contributed by atoms with Gasteiger partial charge in [-0.3, -0.25) is 4.79 Å². The number of carbonyl (C=O) groups excluding carboxylic acids is 1. The second-order valence-corrected chi connectivity index (χ2v) is 6.62. The third-order valence-corrected chi connectivity index (χ3v) is 4.43. The Balaban J connectivity index is 1.68. The van der Waals surface area contributed by atoms with Crippen LogP contribution >= 0.6 is 0 Å². The lowest BCUT2D eigenvalue weighted by Crippen LogP contribution is -2.27. The summed E-state index contributed by atoms with van der Waals surface area (Å²) in [5.41, 5.74) is 2.83. The average molecular weight is 382 g/mol. The molecule has 0 bridgehead atoms. The van der Waals surface area contributed by atoms with E-state index in [1.807, 2.05) is 97.9 Å². The molecule has 0 fully saturated rings. The first-order valence-corrected chi connectivity index (χ1v) is 9.40. The van der Waals surface area contributed by atoms with Crippen LogP contribution < -0.4 is 10.1 Å². The predicted octanol–water partition coefficient (Wildman–Crippen LogP) is 5.05. The van der Waals surface area contributed by atoms with Crippen molar-refractivity contribution in [2.45, 2.75) is 19.6 Å². The van der Waals surface area contributed by atoms with Gasteiger partial charge < -0.3 is 10.1 Å². The maximum Gasteiger partial charge on any atom is 0.262 e. The second-order valence-electron chi connectivity index (χ2n) is 6.62. The maximum absolute atomic E-state index is 12.5. The van der Waals surface area contributed by atoms with Crippen molar-refractivity contribution in [2.24, 2.45) is 0 Å². The number of nitrogens with one attached hydrogen (secondary N) is 1. The molecular formula is C25H22N2O2. The molecule has 1 N–H and O–H groups in total. The van der Waals surface area contributed by atoms with Crippen LogP contribution in [0.25, 0.3) is 6.08 Å². The Bertz CT molecular complexity index is 1020. The Morgan fingerprint density at radius 1 is 1.03 bits per heavy atom. The summed E-state index contributed by atoms with van der Waals surface area (Å²) in [6.07, 6.45) is 1.57. The molecule has 0 radical (unpaired) electrons. The zero-order valence-electron chi connectivity index (χ0n) is 16.2. The molecule has 4 nitrogen and oxygen atoms in total. The van der Waals surface area contributed by atoms with Gasteiger partial charge in [0.15, 0.2) is 0 Å². The number of rotatable bonds is 7. The van der Waals surface area contributed by atoms with E-state index in [1.54, 1.807) is 6.08 Å². The van der Waals surface area contributed by atoms with Crippen LogP contribution in [0.15, 0.2) is 90.5 Å². The lowest BCUT2D eigenvalue weighted by atomic mass is 10.1. The molecule has 3 aromatic carbocycles. The smallest absolute Gasteiger partial charge is 0.262 e. The predicted molar refractivity (Wildman–Crippen MR) is 114 cm³/mol. The second kappa shape index (κ2) is 9.91. The third-order valence-electron chi connectivity index (χ3n) is 4.43. The van der Waals surface area contributed by atoms with Crippen molar-refractivity contribution in [1.82, 2.24) is 5.32 Å². The van der Waals surface area contributed by atoms with Crippen molar-refractivity contribution in [3.8, 4) is 11.8 Å². The van der Waals surface area contributed by atoms with Crippen LogP contribution in [0.2, 0.25) is 0 Å². The SMILES string of the molecule is CC(NC(=O)C(C#N)=Cc1cccc(OCc2ccccc2)c1)c1ccccc1. The summed E-state index contributed by atoms with van der Waals surface area (Å²) in [5, 5.41) is 12.3. The molecule has 0 aliphatic heterocycles. The summed E-state index contributed by atoms with van der Waals surface area (Å²) >= 11 is 0. The van der Waals surface area contributed by atoms with Gasteiger partial charge in [0.1, 0.15) is 24.0 Å². The number of ether oxygens (including phenoxy) is 1. The quantitative estimate of drug-likeness (QED) is 0.459. The fourth-order valence-corrected chi connectivity index (χ4v) is 2.85. The van der Waals surface area contributed by atoms with Crippen LogP contribution in [0.3, 0.4) is 0 Å². The van der Waals surface area contributed by atoms with Crippen molar-refractivity contribution in [1.29, 1.82) is 5.26 Å². The summed E-state index contributed by atoms with van der Waals surface area (Å²) in [6.45, 7) is 2.34. The number of hydrogen-bond acceptors (Lipinski definition) is 3. The fraction of sp³-hybridized carbons (Fsp3) is 0.120. The fourth-order valence-electron chi connectivity index (χ4n) is 2.85. The molecule has 4 heteroatoms. The van der Waals surface area contributed by atoms with Gasteiger partial charge in [-0.1, -0.05) is 72.8 Å². The Morgan fingerprint density at radius 3 is 2.41 bits per heavy atom. The van der Waals surface area contributed by atoms with Crippen molar-refractivity contribution >= 4 is 12.0 Å². The molecule has 1 atom stereocenters. The standard InChI is InChI=1S/C25H22N2O2/c1-19(22-12-6-3-7-13-22)27-25(28)23(17-26)15-21-11-8-14-24(16-21)29-18-20-9-4-2-5-10-20/h2-16,19H,18H2,1H3,(H,27,28). The minimum absolute atomic E-state index is 0.0491. The first kappa shape index (κ1) is 19.9. The summed E-state index contributed by atoms with van der Waals surface area (Å²) in [6, 6.07) is 28.7. The van der Waals surface area contributed by atoms with E-state index in [0.29, 0.717) is 12.4 Å². The Labute approximate surface area is 171 Å². The summed E-state index contributed by atoms with van der Waals surface area (Å²) in [7, 11) is 0. The van der Waals surface area contributed by atoms with Gasteiger partial charge in [-0.25, -0.2) is 0 Å². The lowest BCUT2D eigenvalue weighted by Gasteiger charge is -2.13. The van der Waals surface area contributed by atoms with Crippen molar-refractivity contribution in [3.05, 3.63) is 107 Å². The highest BCUT2D eigenvalue weighted by Gasteiger charge is 2.13. The number of carbonyl (C=O) groups is 1. The molecule has 1 unspecified atom stereocenters. The van der Waals surface area contributed by atoms with E-state index in [9.17, 15) is 10.1 Å². The van der Waals surface area contributed by atoms with Gasteiger partial charge in [-0.2, -0.15) is 5.26 Å². The van der Waals surface area contributed by atoms with Crippen LogP contribution in [0.4, 0.5) is 0 Å². The number of benzene rings is 3. The van der Waals surface area contributed by atoms with Crippen LogP contribution in [-0.4, -0.2) is 5.91 Å². The number of nitriles is 1. The molecule has 144 valence electrons. The zero-order valence-corrected chi connectivity index (χ0v) is 16.2. The van der Waals surface area contributed by atoms with Gasteiger partial charge in [0.25, 0.3) is 5.91 Å². The lowest BCUT2D eigenvalue weighted by molar-refractivity contribution is -0.117. The van der Waals surface area contributed by atoms with Gasteiger partial charge in [-0.05, 0) is 41.8 Å². The molecule has 0 saturated heterocycles. The molecule has 1 amide bonds. The highest BCUT2D eigenvalue weighted by Crippen LogP contribution is 2.18. The van der Waals surface area contributed by atoms with Crippen LogP contribution in [0.5, 0.6) is 5.75 Å². The maximum atomic E-state index is 12.5. The van der Waals surface area contributed by atoms with Crippen molar-refractivity contribution in [2.75, 3.05) is 0 Å². The van der Waals surface area contributed by atoms with Crippen LogP contribution in [0, 0.1) is 11.3 Å². The number of nitrogens with zero attached hydrogens (tertiary/aromatic N) is 1. The molecule has 0 spiro atoms. The first-order chi connectivity index (χ1) is 14.2. The van der Waals surface area contributed by atoms with E-state index in [-0.39, 0.29) is 11.6 Å². The van der Waals surface area contributed by atoms with E-state index < -0.39 is 5.91 Å². The number of hydrogen-bond donors (Lipinski definition) is 1. The van der Waals surface area contributed by atoms with E-state index in [2.05, 4.69) is 5.32 Å². The largest absolute Gasteiger partial charge is 0.489 e. The molecule has 3 rings (SSSR count). The van der Waals surface area contributed by atoms with Crippen molar-refractivity contribution < 1.29 is 9.53 Å². The highest BCUT2D eigenvalue weighted by molar-refractivity contribution is 6.01. The minimum atomic E-state index is -0.403. The Kier molecular flexibility index (Phi) is 6.80. The molecule has 0 saturated carbocycles. The minimum Gasteiger partial charge on any atom is -0.489 e. The molecular weight excluding hydrogens is 360 g/mol. The highest BCUT2D eigenvalue weighted by atomic mass is 16.5. The van der Waals surface area contributed by atoms with Gasteiger partial charge in [0, 0.05) is 0 Å². The molecule has 0 aromatic heterocycles. The average Bonchev–Trinajstić information content (AvgIpc) is 2.77. The Morgan fingerprint density at radius 2 is 1.72 bits per heavy atom.